The second-order valence-electron chi connectivity index (χ2n) is 3.98. The minimum Gasteiger partial charge on any atom is -0.772 e. The highest BCUT2D eigenvalue weighted by Crippen LogP contribution is 2.09. The molecule has 16 heavy (non-hydrogen) atoms. The predicted octanol–water partition coefficient (Wildman–Crippen LogP) is 2.46. The highest BCUT2D eigenvalue weighted by Gasteiger charge is 1.96. The van der Waals surface area contributed by atoms with Gasteiger partial charge in [-0.2, -0.15) is 0 Å². The summed E-state index contributed by atoms with van der Waals surface area (Å²) >= 11 is -1.89. The maximum Gasteiger partial charge on any atom is 0.303 e. The van der Waals surface area contributed by atoms with Crippen molar-refractivity contribution in [3.05, 3.63) is 0 Å². The van der Waals surface area contributed by atoms with Gasteiger partial charge in [0.2, 0.25) is 0 Å². The minimum atomic E-state index is -1.89. The number of hydrogen-bond donors (Lipinski definition) is 1. The average molecular weight is 249 g/mol. The molecule has 0 saturated heterocycles. The first-order valence-corrected chi connectivity index (χ1v) is 7.15. The van der Waals surface area contributed by atoms with Crippen molar-refractivity contribution in [2.75, 3.05) is 5.75 Å². The van der Waals surface area contributed by atoms with Gasteiger partial charge in [0.1, 0.15) is 0 Å². The molecule has 0 aliphatic carbocycles. The van der Waals surface area contributed by atoms with E-state index >= 15 is 0 Å². The van der Waals surface area contributed by atoms with Gasteiger partial charge in [-0.1, -0.05) is 49.6 Å². The summed E-state index contributed by atoms with van der Waals surface area (Å²) in [4.78, 5) is 10.2. The van der Waals surface area contributed by atoms with E-state index in [9.17, 15) is 13.6 Å². The van der Waals surface area contributed by atoms with Gasteiger partial charge in [0.05, 0.1) is 0 Å². The van der Waals surface area contributed by atoms with E-state index in [-0.39, 0.29) is 12.2 Å². The smallest absolute Gasteiger partial charge is 0.303 e. The Morgan fingerprint density at radius 1 is 0.938 bits per heavy atom. The molecule has 0 fully saturated rings. The van der Waals surface area contributed by atoms with Crippen molar-refractivity contribution in [2.24, 2.45) is 0 Å². The summed E-state index contributed by atoms with van der Waals surface area (Å²) in [6, 6.07) is 0. The maximum absolute atomic E-state index is 10.2. The van der Waals surface area contributed by atoms with Crippen molar-refractivity contribution in [1.82, 2.24) is 0 Å². The number of rotatable bonds is 11. The Kier molecular flexibility index (Phi) is 10.8. The van der Waals surface area contributed by atoms with Gasteiger partial charge in [-0.05, 0) is 12.8 Å². The van der Waals surface area contributed by atoms with Crippen LogP contribution in [0.3, 0.4) is 0 Å². The summed E-state index contributed by atoms with van der Waals surface area (Å²) in [7, 11) is 0. The summed E-state index contributed by atoms with van der Waals surface area (Å²) in [5, 5.41) is 8.41. The van der Waals surface area contributed by atoms with Crippen LogP contribution >= 0.6 is 0 Å². The minimum absolute atomic E-state index is 0.273. The molecule has 0 aromatic carbocycles. The maximum atomic E-state index is 10.2. The molecule has 0 radical (unpaired) electrons. The molecule has 96 valence electrons. The van der Waals surface area contributed by atoms with Crippen molar-refractivity contribution in [3.63, 3.8) is 0 Å². The van der Waals surface area contributed by atoms with Crippen LogP contribution in [0.25, 0.3) is 0 Å². The number of unbranched alkanes of at least 4 members (excludes halogenated alkanes) is 7. The molecule has 0 amide bonds. The summed E-state index contributed by atoms with van der Waals surface area (Å²) in [6.07, 6.45) is 8.17. The summed E-state index contributed by atoms with van der Waals surface area (Å²) < 4.78 is 20.4. The molecule has 1 N–H and O–H groups in total. The fourth-order valence-electron chi connectivity index (χ4n) is 1.56. The van der Waals surface area contributed by atoms with Crippen LogP contribution in [0.15, 0.2) is 0 Å². The highest BCUT2D eigenvalue weighted by atomic mass is 32.2. The van der Waals surface area contributed by atoms with Crippen LogP contribution < -0.4 is 0 Å². The zero-order valence-corrected chi connectivity index (χ0v) is 10.5. The topological polar surface area (TPSA) is 77.4 Å². The van der Waals surface area contributed by atoms with Gasteiger partial charge in [-0.3, -0.25) is 9.00 Å². The van der Waals surface area contributed by atoms with Crippen LogP contribution in [-0.4, -0.2) is 25.6 Å². The van der Waals surface area contributed by atoms with Gasteiger partial charge in [0, 0.05) is 12.2 Å². The van der Waals surface area contributed by atoms with E-state index in [0.717, 1.165) is 51.4 Å². The third-order valence-corrected chi connectivity index (χ3v) is 3.07. The van der Waals surface area contributed by atoms with Crippen molar-refractivity contribution >= 4 is 17.0 Å². The van der Waals surface area contributed by atoms with E-state index in [1.165, 1.54) is 0 Å². The average Bonchev–Trinajstić information content (AvgIpc) is 2.20. The van der Waals surface area contributed by atoms with Crippen LogP contribution in [0.2, 0.25) is 0 Å². The SMILES string of the molecule is O=C(O)CCCCCCCCCCS(=O)[O-]. The molecule has 0 aliphatic rings. The lowest BCUT2D eigenvalue weighted by Crippen LogP contribution is -1.95. The van der Waals surface area contributed by atoms with Gasteiger partial charge in [-0.15, -0.1) is 0 Å². The molecule has 0 rings (SSSR count). The lowest BCUT2D eigenvalue weighted by atomic mass is 10.1. The van der Waals surface area contributed by atoms with Gasteiger partial charge >= 0.3 is 5.97 Å². The molecular weight excluding hydrogens is 228 g/mol. The third-order valence-electron chi connectivity index (χ3n) is 2.45. The molecule has 0 aromatic heterocycles. The van der Waals surface area contributed by atoms with Crippen molar-refractivity contribution in [3.8, 4) is 0 Å². The zero-order chi connectivity index (χ0) is 12.2. The zero-order valence-electron chi connectivity index (χ0n) is 9.65. The first kappa shape index (κ1) is 15.6. The van der Waals surface area contributed by atoms with Crippen LogP contribution in [0.1, 0.15) is 57.8 Å². The number of hydrogen-bond acceptors (Lipinski definition) is 3. The van der Waals surface area contributed by atoms with E-state index in [2.05, 4.69) is 0 Å². The normalized spacial score (nSPS) is 12.6. The Hall–Kier alpha value is -0.420. The second-order valence-corrected chi connectivity index (χ2v) is 5.00. The molecule has 5 heteroatoms. The molecule has 0 heterocycles. The van der Waals surface area contributed by atoms with Crippen molar-refractivity contribution in [2.45, 2.75) is 57.8 Å². The molecule has 1 atom stereocenters. The van der Waals surface area contributed by atoms with E-state index in [1.54, 1.807) is 0 Å². The van der Waals surface area contributed by atoms with E-state index in [4.69, 9.17) is 5.11 Å². The van der Waals surface area contributed by atoms with Gasteiger partial charge in [0.15, 0.2) is 0 Å². The Morgan fingerprint density at radius 2 is 1.38 bits per heavy atom. The Morgan fingerprint density at radius 3 is 1.81 bits per heavy atom. The molecule has 1 unspecified atom stereocenters. The summed E-state index contributed by atoms with van der Waals surface area (Å²) in [6.45, 7) is 0. The van der Waals surface area contributed by atoms with Crippen LogP contribution in [0, 0.1) is 0 Å². The van der Waals surface area contributed by atoms with Gasteiger partial charge in [-0.25, -0.2) is 0 Å². The van der Waals surface area contributed by atoms with Crippen LogP contribution in [0.4, 0.5) is 0 Å². The molecular formula is C11H21O4S-. The monoisotopic (exact) mass is 249 g/mol. The first-order valence-electron chi connectivity index (χ1n) is 5.90. The van der Waals surface area contributed by atoms with Crippen LogP contribution in [0.5, 0.6) is 0 Å². The Balaban J connectivity index is 2.98. The van der Waals surface area contributed by atoms with E-state index in [0.29, 0.717) is 0 Å². The molecule has 0 spiro atoms. The Bertz CT molecular complexity index is 184. The van der Waals surface area contributed by atoms with E-state index in [1.807, 2.05) is 0 Å². The lowest BCUT2D eigenvalue weighted by Gasteiger charge is -2.04. The molecule has 0 bridgehead atoms. The summed E-state index contributed by atoms with van der Waals surface area (Å²) in [5.41, 5.74) is 0. The fraction of sp³-hybridized carbons (Fsp3) is 0.909. The molecule has 4 nitrogen and oxygen atoms in total. The molecule has 0 aliphatic heterocycles. The van der Waals surface area contributed by atoms with Crippen molar-refractivity contribution < 1.29 is 18.7 Å². The number of carboxylic acid groups (broad SMARTS) is 1. The molecule has 0 aromatic rings. The van der Waals surface area contributed by atoms with Gasteiger partial charge < -0.3 is 9.66 Å². The van der Waals surface area contributed by atoms with Crippen LogP contribution in [-0.2, 0) is 15.9 Å². The first-order chi connectivity index (χ1) is 7.63. The number of carbonyl (C=O) groups is 1. The van der Waals surface area contributed by atoms with Crippen molar-refractivity contribution in [1.29, 1.82) is 0 Å². The number of aliphatic carboxylic acids is 1. The highest BCUT2D eigenvalue weighted by molar-refractivity contribution is 7.79. The largest absolute Gasteiger partial charge is 0.772 e. The Labute approximate surface area is 99.7 Å². The molecule has 0 saturated carbocycles. The fourth-order valence-corrected chi connectivity index (χ4v) is 2.00. The second kappa shape index (κ2) is 11.1. The summed E-state index contributed by atoms with van der Waals surface area (Å²) in [5.74, 6) is -0.441. The third kappa shape index (κ3) is 13.6. The predicted molar refractivity (Wildman–Crippen MR) is 63.0 cm³/mol. The van der Waals surface area contributed by atoms with E-state index < -0.39 is 17.0 Å². The standard InChI is InChI=1S/C11H22O4S/c12-11(13)9-7-5-3-1-2-4-6-8-10-16(14)15/h1-10H2,(H,12,13)(H,14,15)/p-1. The quantitative estimate of drug-likeness (QED) is 0.450. The lowest BCUT2D eigenvalue weighted by molar-refractivity contribution is -0.137. The number of carboxylic acids is 1. The van der Waals surface area contributed by atoms with Gasteiger partial charge in [0.25, 0.3) is 0 Å².